The van der Waals surface area contributed by atoms with Crippen LogP contribution in [-0.4, -0.2) is 15.6 Å². The molecule has 5 heteroatoms. The highest BCUT2D eigenvalue weighted by Gasteiger charge is 2.10. The second-order valence-electron chi connectivity index (χ2n) is 5.15. The van der Waals surface area contributed by atoms with E-state index in [-0.39, 0.29) is 5.82 Å². The first-order chi connectivity index (χ1) is 9.47. The SMILES string of the molecule is Cc1ncc(CNC(C)C)n1Cc1cc(F)ccc1Cl. The molecular weight excluding hydrogens is 277 g/mol. The molecule has 20 heavy (non-hydrogen) atoms. The maximum absolute atomic E-state index is 13.3. The third-order valence-corrected chi connectivity index (χ3v) is 3.53. The summed E-state index contributed by atoms with van der Waals surface area (Å²) < 4.78 is 15.4. The predicted molar refractivity (Wildman–Crippen MR) is 79.5 cm³/mol. The third-order valence-electron chi connectivity index (χ3n) is 3.17. The van der Waals surface area contributed by atoms with Gasteiger partial charge in [-0.05, 0) is 30.7 Å². The van der Waals surface area contributed by atoms with Crippen molar-refractivity contribution in [2.45, 2.75) is 39.9 Å². The molecule has 0 aliphatic rings. The van der Waals surface area contributed by atoms with Gasteiger partial charge in [-0.15, -0.1) is 0 Å². The van der Waals surface area contributed by atoms with Crippen molar-refractivity contribution in [1.29, 1.82) is 0 Å². The van der Waals surface area contributed by atoms with Crippen molar-refractivity contribution in [1.82, 2.24) is 14.9 Å². The van der Waals surface area contributed by atoms with Crippen LogP contribution in [0.5, 0.6) is 0 Å². The molecule has 0 spiro atoms. The van der Waals surface area contributed by atoms with E-state index in [0.717, 1.165) is 23.6 Å². The van der Waals surface area contributed by atoms with Crippen LogP contribution in [0.1, 0.15) is 30.9 Å². The van der Waals surface area contributed by atoms with Gasteiger partial charge in [0.05, 0.1) is 12.2 Å². The summed E-state index contributed by atoms with van der Waals surface area (Å²) >= 11 is 6.13. The molecule has 0 fully saturated rings. The first-order valence-electron chi connectivity index (χ1n) is 6.65. The van der Waals surface area contributed by atoms with Crippen molar-refractivity contribution < 1.29 is 4.39 Å². The number of aryl methyl sites for hydroxylation is 1. The van der Waals surface area contributed by atoms with Crippen LogP contribution >= 0.6 is 11.6 Å². The van der Waals surface area contributed by atoms with Crippen LogP contribution in [0.15, 0.2) is 24.4 Å². The van der Waals surface area contributed by atoms with Gasteiger partial charge in [-0.3, -0.25) is 0 Å². The van der Waals surface area contributed by atoms with Gasteiger partial charge < -0.3 is 9.88 Å². The fraction of sp³-hybridized carbons (Fsp3) is 0.400. The summed E-state index contributed by atoms with van der Waals surface area (Å²) in [5.74, 6) is 0.620. The lowest BCUT2D eigenvalue weighted by Crippen LogP contribution is -2.23. The highest BCUT2D eigenvalue weighted by atomic mass is 35.5. The normalized spacial score (nSPS) is 11.3. The maximum Gasteiger partial charge on any atom is 0.123 e. The quantitative estimate of drug-likeness (QED) is 0.914. The van der Waals surface area contributed by atoms with Gasteiger partial charge in [0.1, 0.15) is 11.6 Å². The molecule has 0 unspecified atom stereocenters. The first-order valence-corrected chi connectivity index (χ1v) is 7.03. The smallest absolute Gasteiger partial charge is 0.123 e. The van der Waals surface area contributed by atoms with E-state index in [2.05, 4.69) is 28.7 Å². The number of hydrogen-bond donors (Lipinski definition) is 1. The molecule has 0 radical (unpaired) electrons. The monoisotopic (exact) mass is 295 g/mol. The zero-order chi connectivity index (χ0) is 14.7. The molecule has 0 aliphatic heterocycles. The van der Waals surface area contributed by atoms with Gasteiger partial charge in [-0.1, -0.05) is 25.4 Å². The molecule has 0 atom stereocenters. The van der Waals surface area contributed by atoms with E-state index >= 15 is 0 Å². The largest absolute Gasteiger partial charge is 0.327 e. The summed E-state index contributed by atoms with van der Waals surface area (Å²) in [4.78, 5) is 4.33. The number of nitrogens with zero attached hydrogens (tertiary/aromatic N) is 2. The summed E-state index contributed by atoms with van der Waals surface area (Å²) in [6.07, 6.45) is 1.85. The Morgan fingerprint density at radius 2 is 2.15 bits per heavy atom. The van der Waals surface area contributed by atoms with E-state index in [1.165, 1.54) is 12.1 Å². The molecule has 2 aromatic rings. The molecule has 3 nitrogen and oxygen atoms in total. The zero-order valence-electron chi connectivity index (χ0n) is 12.0. The van der Waals surface area contributed by atoms with Crippen molar-refractivity contribution in [3.05, 3.63) is 52.3 Å². The van der Waals surface area contributed by atoms with Gasteiger partial charge in [-0.25, -0.2) is 9.37 Å². The van der Waals surface area contributed by atoms with Crippen LogP contribution < -0.4 is 5.32 Å². The molecular formula is C15H19ClFN3. The lowest BCUT2D eigenvalue weighted by Gasteiger charge is -2.13. The molecule has 1 aromatic heterocycles. The van der Waals surface area contributed by atoms with E-state index < -0.39 is 0 Å². The minimum atomic E-state index is -0.274. The molecule has 108 valence electrons. The molecule has 2 rings (SSSR count). The Bertz CT molecular complexity index is 593. The number of hydrogen-bond acceptors (Lipinski definition) is 2. The van der Waals surface area contributed by atoms with E-state index in [1.807, 2.05) is 13.1 Å². The van der Waals surface area contributed by atoms with Crippen LogP contribution in [0, 0.1) is 12.7 Å². The van der Waals surface area contributed by atoms with Gasteiger partial charge >= 0.3 is 0 Å². The molecule has 1 aromatic carbocycles. The Morgan fingerprint density at radius 3 is 2.85 bits per heavy atom. The third kappa shape index (κ3) is 3.58. The van der Waals surface area contributed by atoms with Gasteiger partial charge in [-0.2, -0.15) is 0 Å². The van der Waals surface area contributed by atoms with E-state index in [1.54, 1.807) is 6.07 Å². The Hall–Kier alpha value is -1.39. The lowest BCUT2D eigenvalue weighted by molar-refractivity contribution is 0.561. The average Bonchev–Trinajstić information content (AvgIpc) is 2.73. The van der Waals surface area contributed by atoms with Crippen LogP contribution in [-0.2, 0) is 13.1 Å². The van der Waals surface area contributed by atoms with Gasteiger partial charge in [0.25, 0.3) is 0 Å². The maximum atomic E-state index is 13.3. The number of aromatic nitrogens is 2. The second kappa shape index (κ2) is 6.37. The summed E-state index contributed by atoms with van der Waals surface area (Å²) in [6.45, 7) is 7.38. The van der Waals surface area contributed by atoms with Gasteiger partial charge in [0.2, 0.25) is 0 Å². The van der Waals surface area contributed by atoms with Crippen LogP contribution in [0.4, 0.5) is 4.39 Å². The van der Waals surface area contributed by atoms with E-state index in [0.29, 0.717) is 17.6 Å². The Morgan fingerprint density at radius 1 is 1.40 bits per heavy atom. The number of rotatable bonds is 5. The topological polar surface area (TPSA) is 29.9 Å². The minimum absolute atomic E-state index is 0.274. The predicted octanol–water partition coefficient (Wildman–Crippen LogP) is 3.53. The van der Waals surface area contributed by atoms with Gasteiger partial charge in [0, 0.05) is 23.8 Å². The molecule has 0 saturated carbocycles. The van der Waals surface area contributed by atoms with Crippen LogP contribution in [0.3, 0.4) is 0 Å². The van der Waals surface area contributed by atoms with Gasteiger partial charge in [0.15, 0.2) is 0 Å². The molecule has 0 saturated heterocycles. The molecule has 0 aliphatic carbocycles. The standard InChI is InChI=1S/C15H19ClFN3/c1-10(2)18-7-14-8-19-11(3)20(14)9-12-6-13(17)4-5-15(12)16/h4-6,8,10,18H,7,9H2,1-3H3. The van der Waals surface area contributed by atoms with Crippen LogP contribution in [0.2, 0.25) is 5.02 Å². The summed E-state index contributed by atoms with van der Waals surface area (Å²) in [5, 5.41) is 3.93. The fourth-order valence-electron chi connectivity index (χ4n) is 2.02. The molecule has 1 heterocycles. The Labute approximate surface area is 123 Å². The fourth-order valence-corrected chi connectivity index (χ4v) is 2.19. The molecule has 1 N–H and O–H groups in total. The Kier molecular flexibility index (Phi) is 4.78. The number of halogens is 2. The van der Waals surface area contributed by atoms with Crippen molar-refractivity contribution in [3.63, 3.8) is 0 Å². The van der Waals surface area contributed by atoms with E-state index in [4.69, 9.17) is 11.6 Å². The lowest BCUT2D eigenvalue weighted by atomic mass is 10.2. The number of benzene rings is 1. The van der Waals surface area contributed by atoms with E-state index in [9.17, 15) is 4.39 Å². The number of imidazole rings is 1. The zero-order valence-corrected chi connectivity index (χ0v) is 12.7. The first kappa shape index (κ1) is 15.0. The average molecular weight is 296 g/mol. The summed E-state index contributed by atoms with van der Waals surface area (Å²) in [5.41, 5.74) is 1.83. The molecule has 0 amide bonds. The highest BCUT2D eigenvalue weighted by molar-refractivity contribution is 6.31. The minimum Gasteiger partial charge on any atom is -0.327 e. The van der Waals surface area contributed by atoms with Crippen molar-refractivity contribution in [3.8, 4) is 0 Å². The second-order valence-corrected chi connectivity index (χ2v) is 5.56. The van der Waals surface area contributed by atoms with Crippen molar-refractivity contribution in [2.24, 2.45) is 0 Å². The van der Waals surface area contributed by atoms with Crippen molar-refractivity contribution in [2.75, 3.05) is 0 Å². The Balaban J connectivity index is 2.24. The van der Waals surface area contributed by atoms with Crippen LogP contribution in [0.25, 0.3) is 0 Å². The highest BCUT2D eigenvalue weighted by Crippen LogP contribution is 2.19. The molecule has 0 bridgehead atoms. The summed E-state index contributed by atoms with van der Waals surface area (Å²) in [7, 11) is 0. The number of nitrogens with one attached hydrogen (secondary N) is 1. The summed E-state index contributed by atoms with van der Waals surface area (Å²) in [6, 6.07) is 4.83. The van der Waals surface area contributed by atoms with Crippen molar-refractivity contribution >= 4 is 11.6 Å².